The Bertz CT molecular complexity index is 320. The molecule has 3 unspecified atom stereocenters. The van der Waals surface area contributed by atoms with Crippen LogP contribution in [-0.2, 0) is 6.42 Å². The fourth-order valence-corrected chi connectivity index (χ4v) is 4.24. The molecule has 1 aliphatic carbocycles. The third kappa shape index (κ3) is 3.83. The molecule has 0 aliphatic heterocycles. The zero-order chi connectivity index (χ0) is 12.8. The van der Waals surface area contributed by atoms with Crippen LogP contribution in [0.3, 0.4) is 0 Å². The van der Waals surface area contributed by atoms with Gasteiger partial charge in [-0.15, -0.1) is 11.3 Å². The van der Waals surface area contributed by atoms with Crippen molar-refractivity contribution >= 4 is 11.3 Å². The van der Waals surface area contributed by atoms with E-state index in [0.29, 0.717) is 0 Å². The van der Waals surface area contributed by atoms with Crippen molar-refractivity contribution in [1.82, 2.24) is 5.32 Å². The summed E-state index contributed by atoms with van der Waals surface area (Å²) >= 11 is 1.91. The van der Waals surface area contributed by atoms with Crippen molar-refractivity contribution in [3.8, 4) is 0 Å². The Morgan fingerprint density at radius 1 is 1.33 bits per heavy atom. The topological polar surface area (TPSA) is 12.0 Å². The van der Waals surface area contributed by atoms with E-state index in [1.165, 1.54) is 44.9 Å². The van der Waals surface area contributed by atoms with E-state index in [2.05, 4.69) is 36.8 Å². The highest BCUT2D eigenvalue weighted by Crippen LogP contribution is 2.34. The lowest BCUT2D eigenvalue weighted by molar-refractivity contribution is 0.192. The molecule has 0 amide bonds. The summed E-state index contributed by atoms with van der Waals surface area (Å²) in [4.78, 5) is 1.56. The molecule has 2 heteroatoms. The molecule has 0 saturated heterocycles. The van der Waals surface area contributed by atoms with Crippen molar-refractivity contribution in [2.24, 2.45) is 11.8 Å². The minimum atomic E-state index is 0.762. The maximum absolute atomic E-state index is 3.55. The second-order valence-electron chi connectivity index (χ2n) is 5.74. The first kappa shape index (κ1) is 14.1. The van der Waals surface area contributed by atoms with E-state index < -0.39 is 0 Å². The second-order valence-corrected chi connectivity index (χ2v) is 6.77. The summed E-state index contributed by atoms with van der Waals surface area (Å²) in [7, 11) is 2.14. The van der Waals surface area contributed by atoms with Crippen LogP contribution in [0.1, 0.15) is 50.3 Å². The van der Waals surface area contributed by atoms with Gasteiger partial charge in [-0.1, -0.05) is 25.8 Å². The van der Waals surface area contributed by atoms with Gasteiger partial charge in [0.15, 0.2) is 0 Å². The first-order valence-electron chi connectivity index (χ1n) is 7.53. The van der Waals surface area contributed by atoms with Crippen molar-refractivity contribution in [1.29, 1.82) is 0 Å². The van der Waals surface area contributed by atoms with Gasteiger partial charge in [-0.3, -0.25) is 0 Å². The van der Waals surface area contributed by atoms with E-state index >= 15 is 0 Å². The van der Waals surface area contributed by atoms with Crippen LogP contribution >= 0.6 is 11.3 Å². The quantitative estimate of drug-likeness (QED) is 0.799. The molecule has 3 atom stereocenters. The van der Waals surface area contributed by atoms with Crippen molar-refractivity contribution < 1.29 is 0 Å². The predicted octanol–water partition coefficient (Wildman–Crippen LogP) is 4.49. The zero-order valence-corrected chi connectivity index (χ0v) is 12.6. The standard InChI is InChI=1S/C16H27NS/c1-3-5-13-7-10-16(17-2)14(12-13)8-9-15-6-4-11-18-15/h4,6,11,13-14,16-17H,3,5,7-10,12H2,1-2H3. The van der Waals surface area contributed by atoms with Gasteiger partial charge < -0.3 is 5.32 Å². The van der Waals surface area contributed by atoms with Crippen LogP contribution in [-0.4, -0.2) is 13.1 Å². The summed E-state index contributed by atoms with van der Waals surface area (Å²) < 4.78 is 0. The van der Waals surface area contributed by atoms with Crippen LogP contribution in [0.25, 0.3) is 0 Å². The fraction of sp³-hybridized carbons (Fsp3) is 0.750. The summed E-state index contributed by atoms with van der Waals surface area (Å²) in [5, 5.41) is 5.75. The molecule has 102 valence electrons. The number of rotatable bonds is 6. The zero-order valence-electron chi connectivity index (χ0n) is 11.8. The first-order chi connectivity index (χ1) is 8.83. The van der Waals surface area contributed by atoms with Gasteiger partial charge in [0.05, 0.1) is 0 Å². The lowest BCUT2D eigenvalue weighted by atomic mass is 9.74. The molecule has 1 aliphatic rings. The van der Waals surface area contributed by atoms with Crippen LogP contribution < -0.4 is 5.32 Å². The summed E-state index contributed by atoms with van der Waals surface area (Å²) in [5.74, 6) is 1.88. The predicted molar refractivity (Wildman–Crippen MR) is 81.2 cm³/mol. The Morgan fingerprint density at radius 2 is 2.22 bits per heavy atom. The first-order valence-corrected chi connectivity index (χ1v) is 8.41. The Hall–Kier alpha value is -0.340. The highest BCUT2D eigenvalue weighted by Gasteiger charge is 2.28. The normalized spacial score (nSPS) is 28.4. The molecule has 0 spiro atoms. The summed E-state index contributed by atoms with van der Waals surface area (Å²) in [6, 6.07) is 5.22. The van der Waals surface area contributed by atoms with Crippen LogP contribution in [0.2, 0.25) is 0 Å². The van der Waals surface area contributed by atoms with Crippen molar-refractivity contribution in [2.45, 2.75) is 57.9 Å². The minimum Gasteiger partial charge on any atom is -0.317 e. The Morgan fingerprint density at radius 3 is 2.89 bits per heavy atom. The molecule has 0 bridgehead atoms. The van der Waals surface area contributed by atoms with E-state index in [9.17, 15) is 0 Å². The van der Waals surface area contributed by atoms with Crippen LogP contribution in [0, 0.1) is 11.8 Å². The molecule has 0 aromatic carbocycles. The molecule has 18 heavy (non-hydrogen) atoms. The van der Waals surface area contributed by atoms with Crippen molar-refractivity contribution in [3.63, 3.8) is 0 Å². The van der Waals surface area contributed by atoms with Gasteiger partial charge in [-0.25, -0.2) is 0 Å². The van der Waals surface area contributed by atoms with Crippen LogP contribution in [0.15, 0.2) is 17.5 Å². The molecule has 1 aromatic rings. The number of nitrogens with one attached hydrogen (secondary N) is 1. The average Bonchev–Trinajstić information content (AvgIpc) is 2.90. The van der Waals surface area contributed by atoms with Gasteiger partial charge in [0.2, 0.25) is 0 Å². The molecule has 1 aromatic heterocycles. The third-order valence-electron chi connectivity index (χ3n) is 4.50. The van der Waals surface area contributed by atoms with E-state index in [0.717, 1.165) is 17.9 Å². The monoisotopic (exact) mass is 265 g/mol. The highest BCUT2D eigenvalue weighted by atomic mass is 32.1. The minimum absolute atomic E-state index is 0.762. The number of thiophene rings is 1. The van der Waals surface area contributed by atoms with Crippen molar-refractivity contribution in [3.05, 3.63) is 22.4 Å². The second kappa shape index (κ2) is 7.30. The molecule has 1 heterocycles. The molecular formula is C16H27NS. The number of hydrogen-bond donors (Lipinski definition) is 1. The van der Waals surface area contributed by atoms with Gasteiger partial charge >= 0.3 is 0 Å². The Balaban J connectivity index is 1.85. The largest absolute Gasteiger partial charge is 0.317 e. The van der Waals surface area contributed by atoms with Gasteiger partial charge in [-0.2, -0.15) is 0 Å². The summed E-state index contributed by atoms with van der Waals surface area (Å²) in [6.45, 7) is 2.32. The molecular weight excluding hydrogens is 238 g/mol. The molecule has 1 nitrogen and oxygen atoms in total. The molecule has 0 radical (unpaired) electrons. The molecule has 2 rings (SSSR count). The van der Waals surface area contributed by atoms with Gasteiger partial charge in [0.25, 0.3) is 0 Å². The Labute approximate surface area is 116 Å². The van der Waals surface area contributed by atoms with Crippen LogP contribution in [0.5, 0.6) is 0 Å². The summed E-state index contributed by atoms with van der Waals surface area (Å²) in [6.07, 6.45) is 9.71. The van der Waals surface area contributed by atoms with Gasteiger partial charge in [0.1, 0.15) is 0 Å². The third-order valence-corrected chi connectivity index (χ3v) is 5.44. The molecule has 1 fully saturated rings. The molecule has 1 N–H and O–H groups in total. The van der Waals surface area contributed by atoms with E-state index in [1.54, 1.807) is 4.88 Å². The lowest BCUT2D eigenvalue weighted by Crippen LogP contribution is -2.38. The van der Waals surface area contributed by atoms with E-state index in [4.69, 9.17) is 0 Å². The lowest BCUT2D eigenvalue weighted by Gasteiger charge is -2.36. The fourth-order valence-electron chi connectivity index (χ4n) is 3.51. The van der Waals surface area contributed by atoms with Crippen molar-refractivity contribution in [2.75, 3.05) is 7.05 Å². The van der Waals surface area contributed by atoms with E-state index in [-0.39, 0.29) is 0 Å². The number of aryl methyl sites for hydroxylation is 1. The maximum Gasteiger partial charge on any atom is 0.00926 e. The summed E-state index contributed by atoms with van der Waals surface area (Å²) in [5.41, 5.74) is 0. The molecule has 1 saturated carbocycles. The highest BCUT2D eigenvalue weighted by molar-refractivity contribution is 7.09. The van der Waals surface area contributed by atoms with Crippen LogP contribution in [0.4, 0.5) is 0 Å². The number of hydrogen-bond acceptors (Lipinski definition) is 2. The van der Waals surface area contributed by atoms with Gasteiger partial charge in [-0.05, 0) is 62.4 Å². The van der Waals surface area contributed by atoms with E-state index in [1.807, 2.05) is 11.3 Å². The smallest absolute Gasteiger partial charge is 0.00926 e. The van der Waals surface area contributed by atoms with Gasteiger partial charge in [0, 0.05) is 10.9 Å². The average molecular weight is 265 g/mol. The SMILES string of the molecule is CCCC1CCC(NC)C(CCc2cccs2)C1. The Kier molecular flexibility index (Phi) is 5.71. The maximum atomic E-state index is 3.55.